The molecule has 0 saturated carbocycles. The van der Waals surface area contributed by atoms with E-state index in [0.29, 0.717) is 6.54 Å². The van der Waals surface area contributed by atoms with Gasteiger partial charge in [0.15, 0.2) is 0 Å². The van der Waals surface area contributed by atoms with Crippen LogP contribution in [0.15, 0.2) is 54.6 Å². The largest absolute Gasteiger partial charge is 0.340 e. The number of benzene rings is 2. The molecule has 1 atom stereocenters. The Kier molecular flexibility index (Phi) is 4.48. The molecular formula is C16H17FN2O. The van der Waals surface area contributed by atoms with E-state index >= 15 is 0 Å². The summed E-state index contributed by atoms with van der Waals surface area (Å²) in [7, 11) is 1.66. The van der Waals surface area contributed by atoms with Crippen molar-refractivity contribution in [3.8, 4) is 0 Å². The second kappa shape index (κ2) is 6.30. The number of hydrogen-bond donors (Lipinski definition) is 1. The van der Waals surface area contributed by atoms with Gasteiger partial charge < -0.3 is 10.6 Å². The lowest BCUT2D eigenvalue weighted by Gasteiger charge is -2.21. The van der Waals surface area contributed by atoms with Crippen molar-refractivity contribution in [3.05, 3.63) is 71.5 Å². The molecule has 0 fully saturated rings. The van der Waals surface area contributed by atoms with Gasteiger partial charge in [-0.2, -0.15) is 0 Å². The van der Waals surface area contributed by atoms with Crippen molar-refractivity contribution in [3.63, 3.8) is 0 Å². The van der Waals surface area contributed by atoms with E-state index in [-0.39, 0.29) is 11.7 Å². The van der Waals surface area contributed by atoms with Crippen LogP contribution >= 0.6 is 0 Å². The number of nitrogens with two attached hydrogens (primary N) is 1. The van der Waals surface area contributed by atoms with Crippen LogP contribution < -0.4 is 5.73 Å². The molecule has 20 heavy (non-hydrogen) atoms. The molecule has 2 N–H and O–H groups in total. The summed E-state index contributed by atoms with van der Waals surface area (Å²) in [5.41, 5.74) is 7.46. The fraction of sp³-hybridized carbons (Fsp3) is 0.188. The zero-order valence-electron chi connectivity index (χ0n) is 11.3. The minimum atomic E-state index is -0.699. The van der Waals surface area contributed by atoms with Crippen LogP contribution in [0, 0.1) is 5.82 Å². The lowest BCUT2D eigenvalue weighted by molar-refractivity contribution is -0.131. The molecule has 4 heteroatoms. The van der Waals surface area contributed by atoms with Crippen molar-refractivity contribution >= 4 is 5.91 Å². The van der Waals surface area contributed by atoms with E-state index in [1.807, 2.05) is 30.3 Å². The quantitative estimate of drug-likeness (QED) is 0.929. The van der Waals surface area contributed by atoms with Crippen molar-refractivity contribution in [1.82, 2.24) is 4.90 Å². The molecular weight excluding hydrogens is 255 g/mol. The maximum Gasteiger partial charge on any atom is 0.244 e. The van der Waals surface area contributed by atoms with Crippen LogP contribution in [0.2, 0.25) is 0 Å². The number of amides is 1. The first-order chi connectivity index (χ1) is 9.58. The van der Waals surface area contributed by atoms with Gasteiger partial charge in [-0.25, -0.2) is 4.39 Å². The molecule has 1 amide bonds. The monoisotopic (exact) mass is 272 g/mol. The van der Waals surface area contributed by atoms with Crippen molar-refractivity contribution in [2.75, 3.05) is 7.05 Å². The molecule has 0 aromatic heterocycles. The molecule has 0 heterocycles. The van der Waals surface area contributed by atoms with Gasteiger partial charge >= 0.3 is 0 Å². The van der Waals surface area contributed by atoms with E-state index in [0.717, 1.165) is 11.1 Å². The third-order valence-corrected chi connectivity index (χ3v) is 3.11. The van der Waals surface area contributed by atoms with Crippen LogP contribution in [0.25, 0.3) is 0 Å². The van der Waals surface area contributed by atoms with Crippen LogP contribution in [-0.4, -0.2) is 17.9 Å². The van der Waals surface area contributed by atoms with Gasteiger partial charge in [0.05, 0.1) is 0 Å². The molecule has 0 saturated heterocycles. The smallest absolute Gasteiger partial charge is 0.244 e. The summed E-state index contributed by atoms with van der Waals surface area (Å²) in [6.07, 6.45) is 0. The number of carbonyl (C=O) groups is 1. The van der Waals surface area contributed by atoms with Crippen LogP contribution in [0.3, 0.4) is 0 Å². The summed E-state index contributed by atoms with van der Waals surface area (Å²) in [4.78, 5) is 13.7. The molecule has 0 spiro atoms. The molecule has 2 rings (SSSR count). The van der Waals surface area contributed by atoms with Gasteiger partial charge in [0.25, 0.3) is 0 Å². The summed E-state index contributed by atoms with van der Waals surface area (Å²) < 4.78 is 13.1. The number of rotatable bonds is 4. The minimum Gasteiger partial charge on any atom is -0.340 e. The first kappa shape index (κ1) is 14.2. The zero-order chi connectivity index (χ0) is 14.5. The predicted molar refractivity (Wildman–Crippen MR) is 76.2 cm³/mol. The van der Waals surface area contributed by atoms with Crippen molar-refractivity contribution in [2.24, 2.45) is 5.73 Å². The molecule has 3 nitrogen and oxygen atoms in total. The number of halogens is 1. The average molecular weight is 272 g/mol. The van der Waals surface area contributed by atoms with E-state index in [1.54, 1.807) is 19.2 Å². The highest BCUT2D eigenvalue weighted by Crippen LogP contribution is 2.14. The van der Waals surface area contributed by atoms with Gasteiger partial charge in [-0.3, -0.25) is 4.79 Å². The normalized spacial score (nSPS) is 11.9. The van der Waals surface area contributed by atoms with Gasteiger partial charge in [-0.15, -0.1) is 0 Å². The van der Waals surface area contributed by atoms with E-state index in [9.17, 15) is 9.18 Å². The third-order valence-electron chi connectivity index (χ3n) is 3.11. The van der Waals surface area contributed by atoms with Crippen molar-refractivity contribution < 1.29 is 9.18 Å². The first-order valence-electron chi connectivity index (χ1n) is 6.38. The Labute approximate surface area is 117 Å². The van der Waals surface area contributed by atoms with Gasteiger partial charge in [-0.05, 0) is 23.3 Å². The molecule has 0 unspecified atom stereocenters. The highest BCUT2D eigenvalue weighted by molar-refractivity contribution is 5.82. The number of hydrogen-bond acceptors (Lipinski definition) is 2. The summed E-state index contributed by atoms with van der Waals surface area (Å²) in [5.74, 6) is -0.504. The zero-order valence-corrected chi connectivity index (χ0v) is 11.3. The Morgan fingerprint density at radius 2 is 1.90 bits per heavy atom. The maximum absolute atomic E-state index is 13.1. The predicted octanol–water partition coefficient (Wildman–Crippen LogP) is 2.48. The standard InChI is InChI=1S/C16H17FN2O/c1-19(11-12-6-5-9-14(17)10-12)16(20)15(18)13-7-3-2-4-8-13/h2-10,15H,11,18H2,1H3/t15-/m0/s1. The Balaban J connectivity index is 2.05. The topological polar surface area (TPSA) is 46.3 Å². The molecule has 0 aliphatic rings. The SMILES string of the molecule is CN(Cc1cccc(F)c1)C(=O)[C@@H](N)c1ccccc1. The second-order valence-corrected chi connectivity index (χ2v) is 4.71. The second-order valence-electron chi connectivity index (χ2n) is 4.71. The number of carbonyl (C=O) groups excluding carboxylic acids is 1. The van der Waals surface area contributed by atoms with E-state index < -0.39 is 6.04 Å². The Morgan fingerprint density at radius 1 is 1.20 bits per heavy atom. The minimum absolute atomic E-state index is 0.194. The number of likely N-dealkylation sites (N-methyl/N-ethyl adjacent to an activating group) is 1. The fourth-order valence-electron chi connectivity index (χ4n) is 2.03. The van der Waals surface area contributed by atoms with E-state index in [1.165, 1.54) is 17.0 Å². The molecule has 0 radical (unpaired) electrons. The summed E-state index contributed by atoms with van der Waals surface area (Å²) in [5, 5.41) is 0. The molecule has 2 aromatic rings. The highest BCUT2D eigenvalue weighted by Gasteiger charge is 2.19. The van der Waals surface area contributed by atoms with Crippen molar-refractivity contribution in [1.29, 1.82) is 0 Å². The Hall–Kier alpha value is -2.20. The molecule has 104 valence electrons. The highest BCUT2D eigenvalue weighted by atomic mass is 19.1. The first-order valence-corrected chi connectivity index (χ1v) is 6.38. The Bertz CT molecular complexity index is 586. The average Bonchev–Trinajstić information content (AvgIpc) is 2.46. The van der Waals surface area contributed by atoms with Crippen LogP contribution in [-0.2, 0) is 11.3 Å². The van der Waals surface area contributed by atoms with Gasteiger partial charge in [0.2, 0.25) is 5.91 Å². The molecule has 0 aliphatic heterocycles. The van der Waals surface area contributed by atoms with E-state index in [2.05, 4.69) is 0 Å². The lowest BCUT2D eigenvalue weighted by Crippen LogP contribution is -2.35. The van der Waals surface area contributed by atoms with Gasteiger partial charge in [0, 0.05) is 13.6 Å². The van der Waals surface area contributed by atoms with Crippen LogP contribution in [0.4, 0.5) is 4.39 Å². The molecule has 0 bridgehead atoms. The number of nitrogens with zero attached hydrogens (tertiary/aromatic N) is 1. The fourth-order valence-corrected chi connectivity index (χ4v) is 2.03. The van der Waals surface area contributed by atoms with Crippen molar-refractivity contribution in [2.45, 2.75) is 12.6 Å². The summed E-state index contributed by atoms with van der Waals surface area (Å²) in [6, 6.07) is 14.7. The lowest BCUT2D eigenvalue weighted by atomic mass is 10.1. The Morgan fingerprint density at radius 3 is 2.55 bits per heavy atom. The van der Waals surface area contributed by atoms with Crippen LogP contribution in [0.5, 0.6) is 0 Å². The third kappa shape index (κ3) is 3.42. The summed E-state index contributed by atoms with van der Waals surface area (Å²) >= 11 is 0. The van der Waals surface area contributed by atoms with Gasteiger partial charge in [-0.1, -0.05) is 42.5 Å². The molecule has 2 aromatic carbocycles. The van der Waals surface area contributed by atoms with Gasteiger partial charge in [0.1, 0.15) is 11.9 Å². The van der Waals surface area contributed by atoms with Crippen LogP contribution in [0.1, 0.15) is 17.2 Å². The van der Waals surface area contributed by atoms with E-state index in [4.69, 9.17) is 5.73 Å². The summed E-state index contributed by atoms with van der Waals surface area (Å²) in [6.45, 7) is 0.330. The maximum atomic E-state index is 13.1. The molecule has 0 aliphatic carbocycles.